The van der Waals surface area contributed by atoms with Crippen molar-refractivity contribution in [3.8, 4) is 23.0 Å². The minimum Gasteiger partial charge on any atom is -0.507 e. The van der Waals surface area contributed by atoms with Crippen molar-refractivity contribution in [1.82, 2.24) is 0 Å². The zero-order chi connectivity index (χ0) is 27.7. The molecule has 9 heteroatoms. The van der Waals surface area contributed by atoms with Gasteiger partial charge in [0.05, 0.1) is 35.0 Å². The molecule has 0 bridgehead atoms. The maximum Gasteiger partial charge on any atom is 0.300 e. The van der Waals surface area contributed by atoms with Gasteiger partial charge in [-0.05, 0) is 54.1 Å². The molecule has 0 radical (unpaired) electrons. The second-order valence-corrected chi connectivity index (χ2v) is 9.46. The number of rotatable bonds is 6. The van der Waals surface area contributed by atoms with E-state index in [9.17, 15) is 19.8 Å². The van der Waals surface area contributed by atoms with Crippen molar-refractivity contribution in [2.24, 2.45) is 0 Å². The second kappa shape index (κ2) is 10.7. The molecule has 1 saturated heterocycles. The van der Waals surface area contributed by atoms with E-state index in [-0.39, 0.29) is 38.4 Å². The average molecular weight is 562 g/mol. The summed E-state index contributed by atoms with van der Waals surface area (Å²) in [7, 11) is 1.36. The number of carbonyl (C=O) groups excluding carboxylic acids is 2. The smallest absolute Gasteiger partial charge is 0.300 e. The average Bonchev–Trinajstić information content (AvgIpc) is 3.19. The van der Waals surface area contributed by atoms with E-state index >= 15 is 0 Å². The molecule has 0 saturated carbocycles. The Morgan fingerprint density at radius 3 is 2.28 bits per heavy atom. The van der Waals surface area contributed by atoms with Crippen molar-refractivity contribution in [2.75, 3.05) is 12.0 Å². The molecule has 0 spiro atoms. The summed E-state index contributed by atoms with van der Waals surface area (Å²) in [5, 5.41) is 22.4. The Morgan fingerprint density at radius 2 is 1.56 bits per heavy atom. The summed E-state index contributed by atoms with van der Waals surface area (Å²) in [6.07, 6.45) is 0. The molecule has 39 heavy (non-hydrogen) atoms. The molecule has 1 unspecified atom stereocenters. The quantitative estimate of drug-likeness (QED) is 0.148. The van der Waals surface area contributed by atoms with Crippen molar-refractivity contribution in [1.29, 1.82) is 0 Å². The van der Waals surface area contributed by atoms with Crippen LogP contribution >= 0.6 is 23.2 Å². The topological polar surface area (TPSA) is 96.3 Å². The molecule has 1 amide bonds. The Morgan fingerprint density at radius 1 is 0.872 bits per heavy atom. The molecular formula is C30H21Cl2NO6. The van der Waals surface area contributed by atoms with Gasteiger partial charge in [0.15, 0.2) is 0 Å². The fourth-order valence-electron chi connectivity index (χ4n) is 4.53. The number of methoxy groups -OCH3 is 1. The second-order valence-electron chi connectivity index (χ2n) is 8.61. The van der Waals surface area contributed by atoms with E-state index in [2.05, 4.69) is 0 Å². The number of aliphatic hydroxyl groups excluding tert-OH is 1. The maximum atomic E-state index is 13.5. The van der Waals surface area contributed by atoms with E-state index < -0.39 is 23.5 Å². The minimum atomic E-state index is -1.14. The van der Waals surface area contributed by atoms with Gasteiger partial charge in [0.25, 0.3) is 11.7 Å². The van der Waals surface area contributed by atoms with Crippen LogP contribution in [0.4, 0.5) is 5.69 Å². The van der Waals surface area contributed by atoms with E-state index in [0.29, 0.717) is 17.1 Å². The third kappa shape index (κ3) is 4.90. The highest BCUT2D eigenvalue weighted by atomic mass is 35.5. The van der Waals surface area contributed by atoms with Crippen molar-refractivity contribution >= 4 is 46.3 Å². The van der Waals surface area contributed by atoms with Crippen LogP contribution in [-0.2, 0) is 9.59 Å². The largest absolute Gasteiger partial charge is 0.507 e. The Labute approximate surface area is 234 Å². The number of carbonyl (C=O) groups is 2. The number of para-hydroxylation sites is 3. The number of hydrogen-bond donors (Lipinski definition) is 2. The predicted molar refractivity (Wildman–Crippen MR) is 149 cm³/mol. The number of phenolic OH excluding ortho intramolecular Hbond substituents is 1. The molecule has 0 aliphatic carbocycles. The number of anilines is 1. The fraction of sp³-hybridized carbons (Fsp3) is 0.0667. The Hall–Kier alpha value is -4.46. The molecule has 2 N–H and O–H groups in total. The lowest BCUT2D eigenvalue weighted by molar-refractivity contribution is -0.132. The van der Waals surface area contributed by atoms with Gasteiger partial charge >= 0.3 is 0 Å². The first-order valence-corrected chi connectivity index (χ1v) is 12.5. The Bertz CT molecular complexity index is 1620. The van der Waals surface area contributed by atoms with Gasteiger partial charge in [-0.3, -0.25) is 14.5 Å². The number of ketones is 1. The molecule has 5 rings (SSSR count). The van der Waals surface area contributed by atoms with E-state index in [1.807, 2.05) is 18.2 Å². The van der Waals surface area contributed by atoms with Crippen molar-refractivity contribution in [2.45, 2.75) is 6.04 Å². The standard InChI is InChI=1S/C30H21Cl2NO6/c1-38-29-21(15-18(31)16-22(29)32)27(35)25-26(33(30(37)28(25)36)23-12-5-6-13-24(23)34)17-8-7-11-20(14-17)39-19-9-3-2-4-10-19/h2-16,26,34-35H,1H3/b27-25+. The molecule has 1 heterocycles. The molecule has 1 aliphatic rings. The first kappa shape index (κ1) is 26.2. The lowest BCUT2D eigenvalue weighted by Gasteiger charge is -2.26. The SMILES string of the molecule is COc1c(Cl)cc(Cl)cc1/C(O)=C1\C(=O)C(=O)N(c2ccccc2O)C1c1cccc(Oc2ccccc2)c1. The number of nitrogens with zero attached hydrogens (tertiary/aromatic N) is 1. The first-order chi connectivity index (χ1) is 18.8. The summed E-state index contributed by atoms with van der Waals surface area (Å²) in [6, 6.07) is 23.7. The molecule has 1 atom stereocenters. The van der Waals surface area contributed by atoms with Gasteiger partial charge in [-0.25, -0.2) is 0 Å². The zero-order valence-electron chi connectivity index (χ0n) is 20.5. The summed E-state index contributed by atoms with van der Waals surface area (Å²) in [5.74, 6) is -1.56. The van der Waals surface area contributed by atoms with Crippen LogP contribution in [0.15, 0.2) is 96.6 Å². The van der Waals surface area contributed by atoms with E-state index in [4.69, 9.17) is 32.7 Å². The van der Waals surface area contributed by atoms with Gasteiger partial charge < -0.3 is 19.7 Å². The summed E-state index contributed by atoms with van der Waals surface area (Å²) in [5.41, 5.74) is 0.331. The molecular weight excluding hydrogens is 541 g/mol. The molecule has 1 fully saturated rings. The number of ether oxygens (including phenoxy) is 2. The van der Waals surface area contributed by atoms with Crippen LogP contribution in [0.2, 0.25) is 10.0 Å². The Balaban J connectivity index is 1.73. The fourth-order valence-corrected chi connectivity index (χ4v) is 5.10. The van der Waals surface area contributed by atoms with Gasteiger partial charge in [0.1, 0.15) is 28.8 Å². The first-order valence-electron chi connectivity index (χ1n) is 11.8. The normalized spacial score (nSPS) is 16.4. The zero-order valence-corrected chi connectivity index (χ0v) is 22.0. The maximum absolute atomic E-state index is 13.5. The van der Waals surface area contributed by atoms with Crippen molar-refractivity contribution in [3.63, 3.8) is 0 Å². The summed E-state index contributed by atoms with van der Waals surface area (Å²) >= 11 is 12.5. The number of aromatic hydroxyl groups is 1. The minimum absolute atomic E-state index is 0.0342. The molecule has 4 aromatic carbocycles. The van der Waals surface area contributed by atoms with Gasteiger partial charge in [-0.15, -0.1) is 0 Å². The number of benzene rings is 4. The molecule has 196 valence electrons. The van der Waals surface area contributed by atoms with Crippen LogP contribution in [0.25, 0.3) is 5.76 Å². The number of hydrogen-bond acceptors (Lipinski definition) is 6. The number of aliphatic hydroxyl groups is 1. The molecule has 4 aromatic rings. The van der Waals surface area contributed by atoms with Crippen molar-refractivity contribution in [3.05, 3.63) is 118 Å². The number of phenols is 1. The molecule has 1 aliphatic heterocycles. The third-order valence-electron chi connectivity index (χ3n) is 6.21. The summed E-state index contributed by atoms with van der Waals surface area (Å²) < 4.78 is 11.4. The predicted octanol–water partition coefficient (Wildman–Crippen LogP) is 7.13. The summed E-state index contributed by atoms with van der Waals surface area (Å²) in [4.78, 5) is 28.1. The lowest BCUT2D eigenvalue weighted by atomic mass is 9.94. The highest BCUT2D eigenvalue weighted by Crippen LogP contribution is 2.47. The monoisotopic (exact) mass is 561 g/mol. The van der Waals surface area contributed by atoms with Crippen LogP contribution in [-0.4, -0.2) is 29.0 Å². The molecule has 0 aromatic heterocycles. The van der Waals surface area contributed by atoms with E-state index in [1.54, 1.807) is 48.5 Å². The van der Waals surface area contributed by atoms with Crippen LogP contribution < -0.4 is 14.4 Å². The highest BCUT2D eigenvalue weighted by molar-refractivity contribution is 6.52. The Kier molecular flexibility index (Phi) is 7.19. The highest BCUT2D eigenvalue weighted by Gasteiger charge is 2.48. The van der Waals surface area contributed by atoms with E-state index in [1.165, 1.54) is 31.4 Å². The van der Waals surface area contributed by atoms with Crippen molar-refractivity contribution < 1.29 is 29.3 Å². The number of halogens is 2. The number of amides is 1. The third-order valence-corrected chi connectivity index (χ3v) is 6.71. The summed E-state index contributed by atoms with van der Waals surface area (Å²) in [6.45, 7) is 0. The van der Waals surface area contributed by atoms with Crippen LogP contribution in [0, 0.1) is 0 Å². The van der Waals surface area contributed by atoms with Gasteiger partial charge in [-0.2, -0.15) is 0 Å². The van der Waals surface area contributed by atoms with E-state index in [0.717, 1.165) is 4.90 Å². The molecule has 7 nitrogen and oxygen atoms in total. The number of Topliss-reactive ketones (excluding diaryl/α,β-unsaturated/α-hetero) is 1. The van der Waals surface area contributed by atoms with Crippen LogP contribution in [0.1, 0.15) is 17.2 Å². The van der Waals surface area contributed by atoms with Crippen LogP contribution in [0.5, 0.6) is 23.0 Å². The van der Waals surface area contributed by atoms with Crippen LogP contribution in [0.3, 0.4) is 0 Å². The van der Waals surface area contributed by atoms with Gasteiger partial charge in [-0.1, -0.05) is 65.7 Å². The van der Waals surface area contributed by atoms with Gasteiger partial charge in [0.2, 0.25) is 0 Å². The van der Waals surface area contributed by atoms with Gasteiger partial charge in [0, 0.05) is 5.02 Å². The lowest BCUT2D eigenvalue weighted by Crippen LogP contribution is -2.29.